The number of sulfonamides is 1. The third-order valence-corrected chi connectivity index (χ3v) is 7.46. The lowest BCUT2D eigenvalue weighted by Crippen LogP contribution is -2.48. The van der Waals surface area contributed by atoms with E-state index >= 15 is 0 Å². The Kier molecular flexibility index (Phi) is 4.46. The number of nitrogens with zero attached hydrogens (tertiary/aromatic N) is 1. The van der Waals surface area contributed by atoms with E-state index in [2.05, 4.69) is 6.92 Å². The van der Waals surface area contributed by atoms with Gasteiger partial charge in [0, 0.05) is 17.5 Å². The van der Waals surface area contributed by atoms with E-state index in [1.165, 1.54) is 10.4 Å². The predicted molar refractivity (Wildman–Crippen MR) is 82.3 cm³/mol. The van der Waals surface area contributed by atoms with Crippen molar-refractivity contribution in [1.29, 1.82) is 0 Å². The van der Waals surface area contributed by atoms with Gasteiger partial charge in [0.25, 0.3) is 0 Å². The zero-order valence-electron chi connectivity index (χ0n) is 12.7. The second-order valence-corrected chi connectivity index (χ2v) is 9.09. The molecule has 7 heteroatoms. The molecule has 118 valence electrons. The monoisotopic (exact) mass is 331 g/mol. The van der Waals surface area contributed by atoms with Crippen LogP contribution in [0, 0.1) is 18.8 Å². The number of piperidine rings is 1. The summed E-state index contributed by atoms with van der Waals surface area (Å²) in [5, 5.41) is 9.04. The molecule has 1 aliphatic heterocycles. The maximum atomic E-state index is 12.9. The van der Waals surface area contributed by atoms with Crippen LogP contribution >= 0.6 is 11.3 Å². The molecule has 0 amide bonds. The molecular formula is C14H21NO4S2. The number of carboxylic acids is 1. The maximum Gasteiger partial charge on any atom is 0.345 e. The molecule has 2 heterocycles. The Morgan fingerprint density at radius 2 is 2.00 bits per heavy atom. The molecular weight excluding hydrogens is 310 g/mol. The van der Waals surface area contributed by atoms with Crippen molar-refractivity contribution in [3.63, 3.8) is 0 Å². The van der Waals surface area contributed by atoms with E-state index in [9.17, 15) is 13.2 Å². The molecule has 1 saturated heterocycles. The number of rotatable bonds is 3. The van der Waals surface area contributed by atoms with Crippen molar-refractivity contribution in [1.82, 2.24) is 4.31 Å². The van der Waals surface area contributed by atoms with Gasteiger partial charge in [-0.3, -0.25) is 0 Å². The molecule has 0 spiro atoms. The predicted octanol–water partition coefficient (Wildman–Crippen LogP) is 2.81. The van der Waals surface area contributed by atoms with Crippen molar-refractivity contribution < 1.29 is 18.3 Å². The highest BCUT2D eigenvalue weighted by Gasteiger charge is 2.38. The minimum Gasteiger partial charge on any atom is -0.477 e. The molecule has 1 aliphatic rings. The van der Waals surface area contributed by atoms with Gasteiger partial charge in [0.05, 0.1) is 4.90 Å². The lowest BCUT2D eigenvalue weighted by molar-refractivity contribution is 0.0702. The van der Waals surface area contributed by atoms with E-state index in [4.69, 9.17) is 5.11 Å². The standard InChI is InChI=1S/C14H21NO4S2/c1-8-5-9(2)10(3)15(7-8)21(18,19)13-6-12(14(16)17)20-11(13)4/h6,8-10H,5,7H2,1-4H3,(H,16,17). The number of hydrogen-bond donors (Lipinski definition) is 1. The van der Waals surface area contributed by atoms with Crippen LogP contribution in [0.3, 0.4) is 0 Å². The van der Waals surface area contributed by atoms with Crippen LogP contribution in [0.1, 0.15) is 41.7 Å². The van der Waals surface area contributed by atoms with Gasteiger partial charge in [0.15, 0.2) is 0 Å². The van der Waals surface area contributed by atoms with Gasteiger partial charge in [0.1, 0.15) is 4.88 Å². The summed E-state index contributed by atoms with van der Waals surface area (Å²) in [5.74, 6) is -0.483. The fourth-order valence-electron chi connectivity index (χ4n) is 2.93. The molecule has 0 radical (unpaired) electrons. The third kappa shape index (κ3) is 3.00. The third-order valence-electron chi connectivity index (χ3n) is 4.21. The zero-order chi connectivity index (χ0) is 15.9. The normalized spacial score (nSPS) is 27.7. The minimum atomic E-state index is -3.64. The summed E-state index contributed by atoms with van der Waals surface area (Å²) in [4.78, 5) is 11.8. The van der Waals surface area contributed by atoms with Gasteiger partial charge in [-0.1, -0.05) is 13.8 Å². The van der Waals surface area contributed by atoms with Gasteiger partial charge in [0.2, 0.25) is 10.0 Å². The topological polar surface area (TPSA) is 74.7 Å². The summed E-state index contributed by atoms with van der Waals surface area (Å²) in [6.07, 6.45) is 1.01. The average Bonchev–Trinajstić information content (AvgIpc) is 2.76. The van der Waals surface area contributed by atoms with Crippen LogP contribution < -0.4 is 0 Å². The van der Waals surface area contributed by atoms with Gasteiger partial charge < -0.3 is 5.11 Å². The number of carboxylic acid groups (broad SMARTS) is 1. The first kappa shape index (κ1) is 16.5. The highest BCUT2D eigenvalue weighted by molar-refractivity contribution is 7.89. The first-order chi connectivity index (χ1) is 9.64. The van der Waals surface area contributed by atoms with Crippen LogP contribution in [0.25, 0.3) is 0 Å². The second kappa shape index (κ2) is 5.70. The maximum absolute atomic E-state index is 12.9. The molecule has 2 rings (SSSR count). The van der Waals surface area contributed by atoms with E-state index in [1.807, 2.05) is 13.8 Å². The van der Waals surface area contributed by atoms with Crippen molar-refractivity contribution in [3.8, 4) is 0 Å². The summed E-state index contributed by atoms with van der Waals surface area (Å²) in [6.45, 7) is 8.19. The molecule has 21 heavy (non-hydrogen) atoms. The van der Waals surface area contributed by atoms with Gasteiger partial charge in [-0.2, -0.15) is 4.31 Å². The Hall–Kier alpha value is -0.920. The zero-order valence-corrected chi connectivity index (χ0v) is 14.3. The highest BCUT2D eigenvalue weighted by atomic mass is 32.2. The van der Waals surface area contributed by atoms with Crippen molar-refractivity contribution in [2.75, 3.05) is 6.54 Å². The Balaban J connectivity index is 2.44. The molecule has 0 aliphatic carbocycles. The average molecular weight is 331 g/mol. The van der Waals surface area contributed by atoms with Crippen LogP contribution in [0.5, 0.6) is 0 Å². The van der Waals surface area contributed by atoms with Crippen molar-refractivity contribution >= 4 is 27.3 Å². The number of thiophene rings is 1. The lowest BCUT2D eigenvalue weighted by atomic mass is 9.88. The number of hydrogen-bond acceptors (Lipinski definition) is 4. The molecule has 3 unspecified atom stereocenters. The number of aryl methyl sites for hydroxylation is 1. The smallest absolute Gasteiger partial charge is 0.345 e. The molecule has 0 aromatic carbocycles. The Morgan fingerprint density at radius 3 is 2.52 bits per heavy atom. The SMILES string of the molecule is Cc1sc(C(=O)O)cc1S(=O)(=O)N1CC(C)CC(C)C1C. The largest absolute Gasteiger partial charge is 0.477 e. The minimum absolute atomic E-state index is 0.0665. The molecule has 1 N–H and O–H groups in total. The Labute approximate surface area is 129 Å². The van der Waals surface area contributed by atoms with Gasteiger partial charge in [-0.25, -0.2) is 13.2 Å². The second-order valence-electron chi connectivity index (χ2n) is 5.97. The van der Waals surface area contributed by atoms with E-state index in [0.717, 1.165) is 17.8 Å². The van der Waals surface area contributed by atoms with Crippen molar-refractivity contribution in [3.05, 3.63) is 15.8 Å². The molecule has 1 aromatic heterocycles. The van der Waals surface area contributed by atoms with Gasteiger partial charge in [-0.05, 0) is 38.2 Å². The number of aromatic carboxylic acids is 1. The lowest BCUT2D eigenvalue weighted by Gasteiger charge is -2.39. The van der Waals surface area contributed by atoms with Crippen LogP contribution in [0.2, 0.25) is 0 Å². The van der Waals surface area contributed by atoms with Crippen LogP contribution in [-0.4, -0.2) is 36.4 Å². The Morgan fingerprint density at radius 1 is 1.38 bits per heavy atom. The fourth-order valence-corrected chi connectivity index (χ4v) is 6.18. The summed E-state index contributed by atoms with van der Waals surface area (Å²) < 4.78 is 27.3. The molecule has 1 fully saturated rings. The fraction of sp³-hybridized carbons (Fsp3) is 0.643. The summed E-state index contributed by atoms with van der Waals surface area (Å²) in [6, 6.07) is 1.22. The summed E-state index contributed by atoms with van der Waals surface area (Å²) in [5.41, 5.74) is 0. The summed E-state index contributed by atoms with van der Waals surface area (Å²) >= 11 is 1.01. The quantitative estimate of drug-likeness (QED) is 0.924. The van der Waals surface area contributed by atoms with Crippen LogP contribution in [0.15, 0.2) is 11.0 Å². The first-order valence-corrected chi connectivity index (χ1v) is 9.25. The molecule has 0 bridgehead atoms. The summed E-state index contributed by atoms with van der Waals surface area (Å²) in [7, 11) is -3.64. The highest BCUT2D eigenvalue weighted by Crippen LogP contribution is 2.34. The first-order valence-electron chi connectivity index (χ1n) is 7.00. The number of carbonyl (C=O) groups is 1. The van der Waals surface area contributed by atoms with Gasteiger partial charge >= 0.3 is 5.97 Å². The van der Waals surface area contributed by atoms with Crippen LogP contribution in [0.4, 0.5) is 0 Å². The van der Waals surface area contributed by atoms with Crippen molar-refractivity contribution in [2.45, 2.75) is 45.1 Å². The Bertz CT molecular complexity index is 650. The van der Waals surface area contributed by atoms with E-state index < -0.39 is 16.0 Å². The van der Waals surface area contributed by atoms with Crippen molar-refractivity contribution in [2.24, 2.45) is 11.8 Å². The van der Waals surface area contributed by atoms with Crippen LogP contribution in [-0.2, 0) is 10.0 Å². The molecule has 5 nitrogen and oxygen atoms in total. The molecule has 1 aromatic rings. The van der Waals surface area contributed by atoms with E-state index in [-0.39, 0.29) is 15.8 Å². The van der Waals surface area contributed by atoms with E-state index in [1.54, 1.807) is 6.92 Å². The van der Waals surface area contributed by atoms with E-state index in [0.29, 0.717) is 23.3 Å². The van der Waals surface area contributed by atoms with Gasteiger partial charge in [-0.15, -0.1) is 11.3 Å². The molecule has 3 atom stereocenters. The molecule has 0 saturated carbocycles.